The van der Waals surface area contributed by atoms with Crippen LogP contribution >= 0.6 is 22.6 Å². The van der Waals surface area contributed by atoms with Crippen LogP contribution in [0.4, 0.5) is 11.4 Å². The Morgan fingerprint density at radius 2 is 2.39 bits per heavy atom. The molecular weight excluding hydrogens is 345 g/mol. The number of rotatable bonds is 4. The van der Waals surface area contributed by atoms with E-state index in [4.69, 9.17) is 0 Å². The van der Waals surface area contributed by atoms with Gasteiger partial charge in [-0.25, -0.2) is 0 Å². The molecule has 18 heavy (non-hydrogen) atoms. The smallest absolute Gasteiger partial charge is 0.270 e. The number of benzene rings is 1. The lowest BCUT2D eigenvalue weighted by Crippen LogP contribution is -2.35. The van der Waals surface area contributed by atoms with E-state index in [-0.39, 0.29) is 10.6 Å². The van der Waals surface area contributed by atoms with Gasteiger partial charge in [0.25, 0.3) is 5.69 Å². The van der Waals surface area contributed by atoms with Gasteiger partial charge in [0.15, 0.2) is 0 Å². The van der Waals surface area contributed by atoms with Gasteiger partial charge in [0, 0.05) is 35.3 Å². The summed E-state index contributed by atoms with van der Waals surface area (Å²) >= 11 is 2.15. The topological polar surface area (TPSA) is 58.4 Å². The maximum absolute atomic E-state index is 10.7. The second kappa shape index (κ2) is 5.83. The molecule has 1 aromatic carbocycles. The molecule has 0 radical (unpaired) electrons. The number of nitro benzene ring substituents is 1. The third-order valence-electron chi connectivity index (χ3n) is 3.21. The van der Waals surface area contributed by atoms with Gasteiger partial charge >= 0.3 is 0 Å². The van der Waals surface area contributed by atoms with Crippen LogP contribution in [0.2, 0.25) is 0 Å². The van der Waals surface area contributed by atoms with Crippen LogP contribution in [0.25, 0.3) is 0 Å². The number of halogens is 1. The van der Waals surface area contributed by atoms with Gasteiger partial charge in [0.1, 0.15) is 0 Å². The Hall–Kier alpha value is -0.890. The quantitative estimate of drug-likeness (QED) is 0.508. The van der Waals surface area contributed by atoms with Crippen LogP contribution in [0, 0.1) is 13.7 Å². The largest absolute Gasteiger partial charge is 0.372 e. The molecule has 0 saturated carbocycles. The number of hydrogen-bond donors (Lipinski definition) is 1. The summed E-state index contributed by atoms with van der Waals surface area (Å²) in [4.78, 5) is 12.5. The number of nitrogens with zero attached hydrogens (tertiary/aromatic N) is 2. The molecule has 1 aromatic rings. The van der Waals surface area contributed by atoms with Gasteiger partial charge in [-0.1, -0.05) is 0 Å². The molecule has 1 atom stereocenters. The molecule has 1 N–H and O–H groups in total. The van der Waals surface area contributed by atoms with Crippen LogP contribution in [0.3, 0.4) is 0 Å². The average Bonchev–Trinajstić information content (AvgIpc) is 2.81. The minimum atomic E-state index is -0.357. The van der Waals surface area contributed by atoms with E-state index < -0.39 is 0 Å². The summed E-state index contributed by atoms with van der Waals surface area (Å²) in [6.45, 7) is 2.03. The monoisotopic (exact) mass is 361 g/mol. The van der Waals surface area contributed by atoms with E-state index >= 15 is 0 Å². The van der Waals surface area contributed by atoms with E-state index in [1.165, 1.54) is 12.8 Å². The third-order valence-corrected chi connectivity index (χ3v) is 4.07. The molecule has 1 heterocycles. The second-order valence-corrected chi connectivity index (χ2v) is 5.73. The zero-order valence-electron chi connectivity index (χ0n) is 10.2. The molecule has 0 amide bonds. The molecule has 0 bridgehead atoms. The molecule has 1 saturated heterocycles. The Morgan fingerprint density at radius 1 is 1.61 bits per heavy atom. The molecule has 98 valence electrons. The van der Waals surface area contributed by atoms with Crippen LogP contribution in [0.5, 0.6) is 0 Å². The number of nitro groups is 1. The fourth-order valence-corrected chi connectivity index (χ4v) is 3.17. The van der Waals surface area contributed by atoms with Crippen molar-refractivity contribution in [2.24, 2.45) is 0 Å². The molecular formula is C12H16IN3O2. The highest BCUT2D eigenvalue weighted by molar-refractivity contribution is 14.1. The number of anilines is 1. The number of hydrogen-bond acceptors (Lipinski definition) is 4. The third kappa shape index (κ3) is 3.11. The highest BCUT2D eigenvalue weighted by Crippen LogP contribution is 2.26. The summed E-state index contributed by atoms with van der Waals surface area (Å²) in [7, 11) is 2.03. The van der Waals surface area contributed by atoms with Crippen LogP contribution in [-0.4, -0.2) is 31.1 Å². The van der Waals surface area contributed by atoms with Gasteiger partial charge in [-0.2, -0.15) is 0 Å². The molecule has 5 nitrogen and oxygen atoms in total. The first-order valence-corrected chi connectivity index (χ1v) is 7.04. The highest BCUT2D eigenvalue weighted by Gasteiger charge is 2.18. The van der Waals surface area contributed by atoms with E-state index in [0.29, 0.717) is 6.04 Å². The van der Waals surface area contributed by atoms with E-state index in [2.05, 4.69) is 32.8 Å². The van der Waals surface area contributed by atoms with E-state index in [1.54, 1.807) is 12.1 Å². The molecule has 0 aromatic heterocycles. The highest BCUT2D eigenvalue weighted by atomic mass is 127. The lowest BCUT2D eigenvalue weighted by atomic mass is 10.2. The van der Waals surface area contributed by atoms with Crippen LogP contribution in [0.15, 0.2) is 18.2 Å². The van der Waals surface area contributed by atoms with Crippen molar-refractivity contribution in [2.75, 3.05) is 25.0 Å². The first kappa shape index (κ1) is 13.5. The summed E-state index contributed by atoms with van der Waals surface area (Å²) < 4.78 is 0.919. The zero-order valence-corrected chi connectivity index (χ0v) is 12.4. The van der Waals surface area contributed by atoms with Crippen LogP contribution < -0.4 is 10.2 Å². The first-order valence-electron chi connectivity index (χ1n) is 5.96. The molecule has 0 spiro atoms. The van der Waals surface area contributed by atoms with Crippen molar-refractivity contribution in [1.82, 2.24) is 5.32 Å². The van der Waals surface area contributed by atoms with Gasteiger partial charge < -0.3 is 10.2 Å². The Balaban J connectivity index is 2.09. The van der Waals surface area contributed by atoms with Crippen molar-refractivity contribution in [2.45, 2.75) is 18.9 Å². The number of likely N-dealkylation sites (N-methyl/N-ethyl adjacent to an activating group) is 1. The van der Waals surface area contributed by atoms with Crippen molar-refractivity contribution in [3.63, 3.8) is 0 Å². The molecule has 1 unspecified atom stereocenters. The van der Waals surface area contributed by atoms with Crippen molar-refractivity contribution in [1.29, 1.82) is 0 Å². The second-order valence-electron chi connectivity index (χ2n) is 4.57. The average molecular weight is 361 g/mol. The predicted molar refractivity (Wildman–Crippen MR) is 80.1 cm³/mol. The molecule has 1 fully saturated rings. The van der Waals surface area contributed by atoms with Gasteiger partial charge in [0.2, 0.25) is 0 Å². The summed E-state index contributed by atoms with van der Waals surface area (Å²) in [5.41, 5.74) is 1.20. The molecule has 0 aliphatic carbocycles. The van der Waals surface area contributed by atoms with Gasteiger partial charge in [0.05, 0.1) is 10.6 Å². The van der Waals surface area contributed by atoms with Crippen LogP contribution in [-0.2, 0) is 0 Å². The fraction of sp³-hybridized carbons (Fsp3) is 0.500. The van der Waals surface area contributed by atoms with Gasteiger partial charge in [-0.15, -0.1) is 0 Å². The lowest BCUT2D eigenvalue weighted by molar-refractivity contribution is -0.384. The minimum absolute atomic E-state index is 0.149. The van der Waals surface area contributed by atoms with Crippen LogP contribution in [0.1, 0.15) is 12.8 Å². The SMILES string of the molecule is CN(CC1CCCN1)c1ccc([N+](=O)[O-])cc1I. The van der Waals surface area contributed by atoms with Crippen molar-refractivity contribution in [3.8, 4) is 0 Å². The molecule has 1 aliphatic heterocycles. The number of nitrogens with one attached hydrogen (secondary N) is 1. The Bertz CT molecular complexity index is 447. The summed E-state index contributed by atoms with van der Waals surface area (Å²) in [5.74, 6) is 0. The summed E-state index contributed by atoms with van der Waals surface area (Å²) in [6.07, 6.45) is 2.43. The van der Waals surface area contributed by atoms with Crippen molar-refractivity contribution < 1.29 is 4.92 Å². The van der Waals surface area contributed by atoms with Crippen molar-refractivity contribution in [3.05, 3.63) is 31.9 Å². The van der Waals surface area contributed by atoms with Gasteiger partial charge in [-0.05, 0) is 48.0 Å². The van der Waals surface area contributed by atoms with E-state index in [1.807, 2.05) is 13.1 Å². The Labute approximate surface area is 120 Å². The van der Waals surface area contributed by atoms with Gasteiger partial charge in [-0.3, -0.25) is 10.1 Å². The Morgan fingerprint density at radius 3 is 2.94 bits per heavy atom. The lowest BCUT2D eigenvalue weighted by Gasteiger charge is -2.24. The molecule has 6 heteroatoms. The van der Waals surface area contributed by atoms with Crippen molar-refractivity contribution >= 4 is 34.0 Å². The normalized spacial score (nSPS) is 18.9. The summed E-state index contributed by atoms with van der Waals surface area (Å²) in [6, 6.07) is 5.54. The standard InChI is InChI=1S/C12H16IN3O2/c1-15(8-9-3-2-6-14-9)12-5-4-10(16(17)18)7-11(12)13/h4-5,7,9,14H,2-3,6,8H2,1H3. The van der Waals surface area contributed by atoms with E-state index in [9.17, 15) is 10.1 Å². The number of non-ortho nitro benzene ring substituents is 1. The zero-order chi connectivity index (χ0) is 13.1. The van der Waals surface area contributed by atoms with E-state index in [0.717, 1.165) is 22.3 Å². The maximum Gasteiger partial charge on any atom is 0.270 e. The first-order chi connectivity index (χ1) is 8.58. The Kier molecular flexibility index (Phi) is 4.39. The minimum Gasteiger partial charge on any atom is -0.372 e. The summed E-state index contributed by atoms with van der Waals surface area (Å²) in [5, 5.41) is 14.1. The predicted octanol–water partition coefficient (Wildman–Crippen LogP) is 2.39. The molecule has 2 rings (SSSR count). The fourth-order valence-electron chi connectivity index (χ4n) is 2.26. The maximum atomic E-state index is 10.7. The molecule has 1 aliphatic rings.